The van der Waals surface area contributed by atoms with Gasteiger partial charge in [-0.3, -0.25) is 9.59 Å². The molecule has 5 heteroatoms. The summed E-state index contributed by atoms with van der Waals surface area (Å²) >= 11 is 0. The van der Waals surface area contributed by atoms with Crippen molar-refractivity contribution in [3.8, 4) is 6.07 Å². The predicted molar refractivity (Wildman–Crippen MR) is 60.9 cm³/mol. The van der Waals surface area contributed by atoms with Crippen molar-refractivity contribution in [2.75, 3.05) is 0 Å². The topological polar surface area (TPSA) is 87.4 Å². The number of ether oxygens (including phenoxy) is 1. The van der Waals surface area contributed by atoms with Crippen LogP contribution in [0, 0.1) is 29.1 Å². The second-order valence-corrected chi connectivity index (χ2v) is 4.67. The molecule has 5 nitrogen and oxygen atoms in total. The third-order valence-electron chi connectivity index (χ3n) is 2.17. The molecule has 0 aliphatic heterocycles. The number of carboxylic acid groups (broad SMARTS) is 1. The first-order valence-electron chi connectivity index (χ1n) is 5.62. The van der Waals surface area contributed by atoms with Gasteiger partial charge in [0.05, 0.1) is 18.1 Å². The van der Waals surface area contributed by atoms with E-state index < -0.39 is 23.8 Å². The molecule has 0 aliphatic carbocycles. The number of nitriles is 1. The number of carbonyl (C=O) groups is 2. The van der Waals surface area contributed by atoms with Crippen molar-refractivity contribution in [1.82, 2.24) is 0 Å². The molecule has 0 fully saturated rings. The molecule has 0 heterocycles. The van der Waals surface area contributed by atoms with E-state index in [0.717, 1.165) is 0 Å². The van der Waals surface area contributed by atoms with Gasteiger partial charge < -0.3 is 9.84 Å². The molecular weight excluding hydrogens is 222 g/mol. The standard InChI is InChI=1S/C12H19NO4/c1-7(2)5-9(6-13)10(11(14)15)12(16)17-8(3)4/h7-10H,5H2,1-4H3,(H,14,15). The number of nitrogens with zero attached hydrogens (tertiary/aromatic N) is 1. The third-order valence-corrected chi connectivity index (χ3v) is 2.17. The molecule has 17 heavy (non-hydrogen) atoms. The summed E-state index contributed by atoms with van der Waals surface area (Å²) in [6, 6.07) is 1.89. The molecule has 0 amide bonds. The van der Waals surface area contributed by atoms with Crippen LogP contribution >= 0.6 is 0 Å². The minimum Gasteiger partial charge on any atom is -0.481 e. The van der Waals surface area contributed by atoms with E-state index in [-0.39, 0.29) is 12.0 Å². The molecule has 0 bridgehead atoms. The van der Waals surface area contributed by atoms with Gasteiger partial charge in [0.2, 0.25) is 0 Å². The van der Waals surface area contributed by atoms with Crippen LogP contribution in [0.5, 0.6) is 0 Å². The average molecular weight is 241 g/mol. The maximum atomic E-state index is 11.6. The fourth-order valence-electron chi connectivity index (χ4n) is 1.51. The van der Waals surface area contributed by atoms with Crippen LogP contribution < -0.4 is 0 Å². The molecule has 0 spiro atoms. The Balaban J connectivity index is 4.88. The minimum atomic E-state index is -1.40. The maximum Gasteiger partial charge on any atom is 0.321 e. The maximum absolute atomic E-state index is 11.6. The van der Waals surface area contributed by atoms with E-state index in [4.69, 9.17) is 15.1 Å². The predicted octanol–water partition coefficient (Wildman–Crippen LogP) is 1.82. The molecule has 0 rings (SSSR count). The lowest BCUT2D eigenvalue weighted by molar-refractivity contribution is -0.163. The van der Waals surface area contributed by atoms with Crippen LogP contribution in [0.2, 0.25) is 0 Å². The monoisotopic (exact) mass is 241 g/mol. The quantitative estimate of drug-likeness (QED) is 0.566. The summed E-state index contributed by atoms with van der Waals surface area (Å²) in [5.41, 5.74) is 0. The van der Waals surface area contributed by atoms with E-state index in [9.17, 15) is 9.59 Å². The zero-order chi connectivity index (χ0) is 13.6. The van der Waals surface area contributed by atoms with Crippen LogP contribution in [-0.4, -0.2) is 23.1 Å². The molecule has 0 radical (unpaired) electrons. The highest BCUT2D eigenvalue weighted by molar-refractivity contribution is 5.94. The summed E-state index contributed by atoms with van der Waals surface area (Å²) in [4.78, 5) is 22.7. The van der Waals surface area contributed by atoms with Gasteiger partial charge in [-0.05, 0) is 26.2 Å². The smallest absolute Gasteiger partial charge is 0.321 e. The largest absolute Gasteiger partial charge is 0.481 e. The van der Waals surface area contributed by atoms with Gasteiger partial charge in [0.25, 0.3) is 0 Å². The van der Waals surface area contributed by atoms with Crippen LogP contribution in [0.1, 0.15) is 34.1 Å². The summed E-state index contributed by atoms with van der Waals surface area (Å²) in [7, 11) is 0. The molecule has 0 aromatic carbocycles. The fraction of sp³-hybridized carbons (Fsp3) is 0.750. The van der Waals surface area contributed by atoms with Crippen molar-refractivity contribution in [2.24, 2.45) is 17.8 Å². The number of esters is 1. The number of carbonyl (C=O) groups excluding carboxylic acids is 1. The van der Waals surface area contributed by atoms with Crippen LogP contribution in [-0.2, 0) is 14.3 Å². The van der Waals surface area contributed by atoms with Crippen LogP contribution in [0.15, 0.2) is 0 Å². The highest BCUT2D eigenvalue weighted by Crippen LogP contribution is 2.22. The SMILES string of the molecule is CC(C)CC(C#N)C(C(=O)O)C(=O)OC(C)C. The van der Waals surface area contributed by atoms with Crippen molar-refractivity contribution in [2.45, 2.75) is 40.2 Å². The van der Waals surface area contributed by atoms with E-state index >= 15 is 0 Å². The zero-order valence-electron chi connectivity index (χ0n) is 10.6. The Labute approximate surface area is 101 Å². The van der Waals surface area contributed by atoms with Crippen molar-refractivity contribution >= 4 is 11.9 Å². The van der Waals surface area contributed by atoms with E-state index in [1.54, 1.807) is 13.8 Å². The van der Waals surface area contributed by atoms with E-state index in [1.165, 1.54) is 0 Å². The van der Waals surface area contributed by atoms with Gasteiger partial charge in [-0.1, -0.05) is 13.8 Å². The van der Waals surface area contributed by atoms with Crippen molar-refractivity contribution in [3.63, 3.8) is 0 Å². The van der Waals surface area contributed by atoms with Gasteiger partial charge in [-0.2, -0.15) is 5.26 Å². The van der Waals surface area contributed by atoms with Gasteiger partial charge in [-0.15, -0.1) is 0 Å². The van der Waals surface area contributed by atoms with Gasteiger partial charge in [0.1, 0.15) is 0 Å². The van der Waals surface area contributed by atoms with Gasteiger partial charge in [-0.25, -0.2) is 0 Å². The molecular formula is C12H19NO4. The molecule has 1 N–H and O–H groups in total. The average Bonchev–Trinajstić information content (AvgIpc) is 2.13. The molecule has 0 saturated carbocycles. The number of hydrogen-bond donors (Lipinski definition) is 1. The number of aliphatic carboxylic acids is 1. The summed E-state index contributed by atoms with van der Waals surface area (Å²) in [5.74, 6) is -4.24. The molecule has 2 unspecified atom stereocenters. The summed E-state index contributed by atoms with van der Waals surface area (Å²) in [6.45, 7) is 7.02. The number of carboxylic acids is 1. The Hall–Kier alpha value is -1.57. The lowest BCUT2D eigenvalue weighted by atomic mass is 9.86. The first kappa shape index (κ1) is 15.4. The molecule has 2 atom stereocenters. The summed E-state index contributed by atoms with van der Waals surface area (Å²) in [5, 5.41) is 18.0. The Morgan fingerprint density at radius 1 is 1.29 bits per heavy atom. The normalized spacial score (nSPS) is 14.2. The fourth-order valence-corrected chi connectivity index (χ4v) is 1.51. The van der Waals surface area contributed by atoms with Crippen molar-refractivity contribution in [1.29, 1.82) is 5.26 Å². The van der Waals surface area contributed by atoms with Crippen LogP contribution in [0.25, 0.3) is 0 Å². The summed E-state index contributed by atoms with van der Waals surface area (Å²) < 4.78 is 4.87. The van der Waals surface area contributed by atoms with Gasteiger partial charge in [0, 0.05) is 0 Å². The summed E-state index contributed by atoms with van der Waals surface area (Å²) in [6.07, 6.45) is -0.0246. The Morgan fingerprint density at radius 2 is 1.82 bits per heavy atom. The molecule has 0 saturated heterocycles. The first-order valence-corrected chi connectivity index (χ1v) is 5.62. The van der Waals surface area contributed by atoms with E-state index in [2.05, 4.69) is 0 Å². The van der Waals surface area contributed by atoms with Gasteiger partial charge in [0.15, 0.2) is 5.92 Å². The molecule has 96 valence electrons. The Kier molecular flexibility index (Phi) is 6.26. The molecule has 0 aromatic rings. The highest BCUT2D eigenvalue weighted by Gasteiger charge is 2.37. The third kappa shape index (κ3) is 5.34. The minimum absolute atomic E-state index is 0.147. The zero-order valence-corrected chi connectivity index (χ0v) is 10.6. The van der Waals surface area contributed by atoms with Crippen LogP contribution in [0.3, 0.4) is 0 Å². The van der Waals surface area contributed by atoms with Crippen molar-refractivity contribution in [3.05, 3.63) is 0 Å². The number of rotatable bonds is 6. The Morgan fingerprint density at radius 3 is 2.12 bits per heavy atom. The highest BCUT2D eigenvalue weighted by atomic mass is 16.5. The number of hydrogen-bond acceptors (Lipinski definition) is 4. The molecule has 0 aromatic heterocycles. The van der Waals surface area contributed by atoms with E-state index in [1.807, 2.05) is 19.9 Å². The second kappa shape index (κ2) is 6.89. The molecule has 0 aliphatic rings. The first-order chi connectivity index (χ1) is 7.79. The Bertz CT molecular complexity index is 317. The van der Waals surface area contributed by atoms with Gasteiger partial charge >= 0.3 is 11.9 Å². The van der Waals surface area contributed by atoms with Crippen LogP contribution in [0.4, 0.5) is 0 Å². The second-order valence-electron chi connectivity index (χ2n) is 4.67. The van der Waals surface area contributed by atoms with Crippen molar-refractivity contribution < 1.29 is 19.4 Å². The lowest BCUT2D eigenvalue weighted by Crippen LogP contribution is -2.34. The van der Waals surface area contributed by atoms with E-state index in [0.29, 0.717) is 6.42 Å². The lowest BCUT2D eigenvalue weighted by Gasteiger charge is -2.19.